The largest absolute Gasteiger partial charge is 0.440 e. The van der Waals surface area contributed by atoms with Crippen LogP contribution in [0.4, 0.5) is 5.69 Å². The van der Waals surface area contributed by atoms with Crippen molar-refractivity contribution < 1.29 is 9.15 Å². The first-order valence-corrected chi connectivity index (χ1v) is 3.92. The average molecular weight is 178 g/mol. The van der Waals surface area contributed by atoms with Gasteiger partial charge in [0.1, 0.15) is 12.4 Å². The summed E-state index contributed by atoms with van der Waals surface area (Å²) in [6.45, 7) is 0.455. The van der Waals surface area contributed by atoms with E-state index in [1.54, 1.807) is 13.3 Å². The summed E-state index contributed by atoms with van der Waals surface area (Å²) in [5.41, 5.74) is 6.81. The molecular weight excluding hydrogens is 168 g/mol. The van der Waals surface area contributed by atoms with Crippen LogP contribution in [0.25, 0.3) is 11.1 Å². The fraction of sp³-hybridized carbons (Fsp3) is 0.222. The third-order valence-electron chi connectivity index (χ3n) is 1.73. The van der Waals surface area contributed by atoms with Crippen LogP contribution in [-0.4, -0.2) is 12.1 Å². The number of hydrogen-bond acceptors (Lipinski definition) is 4. The van der Waals surface area contributed by atoms with Crippen molar-refractivity contribution in [1.29, 1.82) is 0 Å². The number of furan rings is 1. The van der Waals surface area contributed by atoms with E-state index < -0.39 is 0 Å². The number of nitrogens with two attached hydrogens (primary N) is 1. The summed E-state index contributed by atoms with van der Waals surface area (Å²) in [5, 5.41) is 0.909. The van der Waals surface area contributed by atoms with Crippen molar-refractivity contribution in [2.24, 2.45) is 0 Å². The molecule has 0 saturated heterocycles. The molecule has 2 N–H and O–H groups in total. The highest BCUT2D eigenvalue weighted by molar-refractivity contribution is 5.77. The molecule has 2 aromatic heterocycles. The number of anilines is 1. The molecule has 0 spiro atoms. The van der Waals surface area contributed by atoms with E-state index in [1.807, 2.05) is 12.1 Å². The van der Waals surface area contributed by atoms with E-state index in [1.165, 1.54) is 0 Å². The zero-order valence-electron chi connectivity index (χ0n) is 7.28. The number of rotatable bonds is 2. The van der Waals surface area contributed by atoms with Gasteiger partial charge in [-0.3, -0.25) is 0 Å². The van der Waals surface area contributed by atoms with Gasteiger partial charge in [-0.05, 0) is 12.1 Å². The molecule has 2 aromatic rings. The summed E-state index contributed by atoms with van der Waals surface area (Å²) in [5.74, 6) is 0.760. The normalized spacial score (nSPS) is 10.8. The number of hydrogen-bond donors (Lipinski definition) is 1. The van der Waals surface area contributed by atoms with Crippen LogP contribution in [0.2, 0.25) is 0 Å². The Morgan fingerprint density at radius 3 is 3.15 bits per heavy atom. The lowest BCUT2D eigenvalue weighted by molar-refractivity contribution is 0.166. The Morgan fingerprint density at radius 2 is 2.38 bits per heavy atom. The number of aromatic nitrogens is 1. The van der Waals surface area contributed by atoms with E-state index in [-0.39, 0.29) is 0 Å². The van der Waals surface area contributed by atoms with Crippen LogP contribution in [0, 0.1) is 0 Å². The maximum atomic E-state index is 5.57. The Balaban J connectivity index is 2.49. The topological polar surface area (TPSA) is 61.3 Å². The van der Waals surface area contributed by atoms with Gasteiger partial charge < -0.3 is 14.9 Å². The van der Waals surface area contributed by atoms with E-state index >= 15 is 0 Å². The van der Waals surface area contributed by atoms with Crippen LogP contribution < -0.4 is 5.73 Å². The summed E-state index contributed by atoms with van der Waals surface area (Å²) >= 11 is 0. The predicted molar refractivity (Wildman–Crippen MR) is 49.1 cm³/mol. The number of ether oxygens (including phenoxy) is 1. The third-order valence-corrected chi connectivity index (χ3v) is 1.73. The van der Waals surface area contributed by atoms with E-state index in [0.29, 0.717) is 18.0 Å². The van der Waals surface area contributed by atoms with Gasteiger partial charge in [-0.15, -0.1) is 0 Å². The minimum absolute atomic E-state index is 0.455. The molecule has 0 fully saturated rings. The van der Waals surface area contributed by atoms with Crippen LogP contribution >= 0.6 is 0 Å². The molecule has 0 atom stereocenters. The zero-order chi connectivity index (χ0) is 9.26. The fourth-order valence-electron chi connectivity index (χ4n) is 1.22. The molecule has 0 unspecified atom stereocenters. The molecule has 13 heavy (non-hydrogen) atoms. The summed E-state index contributed by atoms with van der Waals surface area (Å²) in [6, 6.07) is 3.70. The van der Waals surface area contributed by atoms with Gasteiger partial charge >= 0.3 is 0 Å². The first kappa shape index (κ1) is 8.07. The summed E-state index contributed by atoms with van der Waals surface area (Å²) in [4.78, 5) is 4.04. The second kappa shape index (κ2) is 3.06. The Kier molecular flexibility index (Phi) is 1.90. The van der Waals surface area contributed by atoms with E-state index in [4.69, 9.17) is 14.9 Å². The lowest BCUT2D eigenvalue weighted by Crippen LogP contribution is -1.84. The lowest BCUT2D eigenvalue weighted by atomic mass is 10.3. The second-order valence-corrected chi connectivity index (χ2v) is 2.81. The summed E-state index contributed by atoms with van der Waals surface area (Å²) in [7, 11) is 1.62. The molecule has 4 nitrogen and oxygen atoms in total. The second-order valence-electron chi connectivity index (χ2n) is 2.81. The number of fused-ring (bicyclic) bond motifs is 1. The maximum absolute atomic E-state index is 5.57. The van der Waals surface area contributed by atoms with Crippen LogP contribution in [0.1, 0.15) is 5.76 Å². The first-order chi connectivity index (χ1) is 6.29. The van der Waals surface area contributed by atoms with Crippen LogP contribution in [-0.2, 0) is 11.3 Å². The predicted octanol–water partition coefficient (Wildman–Crippen LogP) is 1.56. The fourth-order valence-corrected chi connectivity index (χ4v) is 1.22. The summed E-state index contributed by atoms with van der Waals surface area (Å²) < 4.78 is 10.3. The van der Waals surface area contributed by atoms with E-state index in [0.717, 1.165) is 11.1 Å². The van der Waals surface area contributed by atoms with Crippen LogP contribution in [0.15, 0.2) is 22.7 Å². The van der Waals surface area contributed by atoms with Crippen molar-refractivity contribution in [2.75, 3.05) is 12.8 Å². The number of nitrogens with zero attached hydrogens (tertiary/aromatic N) is 1. The molecule has 0 bridgehead atoms. The SMILES string of the molecule is COCc1cc2cc(N)cnc2o1. The highest BCUT2D eigenvalue weighted by Crippen LogP contribution is 2.19. The average Bonchev–Trinajstić information content (AvgIpc) is 2.46. The smallest absolute Gasteiger partial charge is 0.226 e. The van der Waals surface area contributed by atoms with Gasteiger partial charge in [-0.1, -0.05) is 0 Å². The molecule has 4 heteroatoms. The Bertz CT molecular complexity index is 422. The molecule has 0 aliphatic carbocycles. The van der Waals surface area contributed by atoms with Crippen molar-refractivity contribution in [3.05, 3.63) is 24.1 Å². The van der Waals surface area contributed by atoms with Crippen molar-refractivity contribution in [3.63, 3.8) is 0 Å². The van der Waals surface area contributed by atoms with Gasteiger partial charge in [0.2, 0.25) is 5.71 Å². The van der Waals surface area contributed by atoms with Crippen molar-refractivity contribution in [3.8, 4) is 0 Å². The molecule has 68 valence electrons. The molecule has 0 aliphatic rings. The van der Waals surface area contributed by atoms with Crippen molar-refractivity contribution >= 4 is 16.8 Å². The highest BCUT2D eigenvalue weighted by Gasteiger charge is 2.03. The zero-order valence-corrected chi connectivity index (χ0v) is 7.28. The molecule has 2 rings (SSSR count). The lowest BCUT2D eigenvalue weighted by Gasteiger charge is -1.90. The highest BCUT2D eigenvalue weighted by atomic mass is 16.5. The molecule has 0 aliphatic heterocycles. The Hall–Kier alpha value is -1.55. The van der Waals surface area contributed by atoms with Gasteiger partial charge in [0.25, 0.3) is 0 Å². The quantitative estimate of drug-likeness (QED) is 0.758. The minimum Gasteiger partial charge on any atom is -0.440 e. The molecule has 0 saturated carbocycles. The molecule has 0 aromatic carbocycles. The van der Waals surface area contributed by atoms with Crippen molar-refractivity contribution in [2.45, 2.75) is 6.61 Å². The number of nitrogen functional groups attached to an aromatic ring is 1. The number of pyridine rings is 1. The standard InChI is InChI=1S/C9H10N2O2/c1-12-5-8-3-6-2-7(10)4-11-9(6)13-8/h2-4H,5,10H2,1H3. The Morgan fingerprint density at radius 1 is 1.54 bits per heavy atom. The monoisotopic (exact) mass is 178 g/mol. The molecule has 2 heterocycles. The summed E-state index contributed by atoms with van der Waals surface area (Å²) in [6.07, 6.45) is 1.57. The van der Waals surface area contributed by atoms with Gasteiger partial charge in [-0.25, -0.2) is 4.98 Å². The molecular formula is C9H10N2O2. The Labute approximate surface area is 75.3 Å². The van der Waals surface area contributed by atoms with E-state index in [2.05, 4.69) is 4.98 Å². The van der Waals surface area contributed by atoms with Gasteiger partial charge in [0, 0.05) is 12.5 Å². The third kappa shape index (κ3) is 1.48. The maximum Gasteiger partial charge on any atom is 0.226 e. The van der Waals surface area contributed by atoms with Crippen molar-refractivity contribution in [1.82, 2.24) is 4.98 Å². The first-order valence-electron chi connectivity index (χ1n) is 3.92. The van der Waals surface area contributed by atoms with Gasteiger partial charge in [0.05, 0.1) is 11.9 Å². The molecule has 0 amide bonds. The van der Waals surface area contributed by atoms with Gasteiger partial charge in [-0.2, -0.15) is 0 Å². The number of methoxy groups -OCH3 is 1. The van der Waals surface area contributed by atoms with Crippen LogP contribution in [0.3, 0.4) is 0 Å². The van der Waals surface area contributed by atoms with Crippen LogP contribution in [0.5, 0.6) is 0 Å². The van der Waals surface area contributed by atoms with Gasteiger partial charge in [0.15, 0.2) is 0 Å². The molecule has 0 radical (unpaired) electrons. The van der Waals surface area contributed by atoms with E-state index in [9.17, 15) is 0 Å². The minimum atomic E-state index is 0.455.